The highest BCUT2D eigenvalue weighted by atomic mass is 16.5. The number of para-hydroxylation sites is 1. The molecule has 10 nitrogen and oxygen atoms in total. The van der Waals surface area contributed by atoms with Gasteiger partial charge in [0.2, 0.25) is 5.95 Å². The monoisotopic (exact) mass is 530 g/mol. The molecule has 0 amide bonds. The van der Waals surface area contributed by atoms with Crippen molar-refractivity contribution < 1.29 is 4.74 Å². The van der Waals surface area contributed by atoms with Crippen LogP contribution in [-0.4, -0.2) is 43.6 Å². The van der Waals surface area contributed by atoms with Crippen molar-refractivity contribution in [1.82, 2.24) is 29.5 Å². The second-order valence-corrected chi connectivity index (χ2v) is 9.16. The maximum Gasteiger partial charge on any atom is 0.316 e. The first-order valence-corrected chi connectivity index (χ1v) is 12.7. The summed E-state index contributed by atoms with van der Waals surface area (Å²) in [5.74, 6) is 1.04. The third kappa shape index (κ3) is 4.45. The summed E-state index contributed by atoms with van der Waals surface area (Å²) in [4.78, 5) is 36.5. The van der Waals surface area contributed by atoms with Crippen LogP contribution in [0.25, 0.3) is 38.6 Å². The summed E-state index contributed by atoms with van der Waals surface area (Å²) in [6, 6.07) is 21.1. The van der Waals surface area contributed by atoms with E-state index in [9.17, 15) is 4.79 Å². The first-order valence-electron chi connectivity index (χ1n) is 12.7. The fourth-order valence-corrected chi connectivity index (χ4v) is 4.80. The van der Waals surface area contributed by atoms with Crippen molar-refractivity contribution in [2.45, 2.75) is 13.0 Å². The number of pyridine rings is 2. The number of anilines is 2. The average molecular weight is 531 g/mol. The molecule has 2 aromatic carbocycles. The molecule has 6 rings (SSSR count). The summed E-state index contributed by atoms with van der Waals surface area (Å²) in [7, 11) is 3.29. The summed E-state index contributed by atoms with van der Waals surface area (Å²) in [5, 5.41) is 7.87. The number of benzene rings is 2. The zero-order chi connectivity index (χ0) is 27.6. The summed E-state index contributed by atoms with van der Waals surface area (Å²) in [5.41, 5.74) is 4.18. The lowest BCUT2D eigenvalue weighted by molar-refractivity contribution is 0.380. The van der Waals surface area contributed by atoms with Crippen LogP contribution >= 0.6 is 0 Å². The van der Waals surface area contributed by atoms with Crippen LogP contribution in [0.15, 0.2) is 90.1 Å². The quantitative estimate of drug-likeness (QED) is 0.293. The van der Waals surface area contributed by atoms with Crippen molar-refractivity contribution in [3.05, 3.63) is 101 Å². The highest BCUT2D eigenvalue weighted by Crippen LogP contribution is 2.31. The highest BCUT2D eigenvalue weighted by Gasteiger charge is 2.20. The number of hydrogen-bond donors (Lipinski definition) is 2. The molecule has 0 bridgehead atoms. The van der Waals surface area contributed by atoms with Gasteiger partial charge in [0.1, 0.15) is 5.52 Å². The summed E-state index contributed by atoms with van der Waals surface area (Å²) < 4.78 is 6.85. The van der Waals surface area contributed by atoms with E-state index in [2.05, 4.69) is 35.6 Å². The van der Waals surface area contributed by atoms with Gasteiger partial charge in [0.25, 0.3) is 5.56 Å². The molecule has 6 aromatic rings. The van der Waals surface area contributed by atoms with Crippen LogP contribution in [0.2, 0.25) is 0 Å². The van der Waals surface area contributed by atoms with Crippen LogP contribution < -0.4 is 20.9 Å². The van der Waals surface area contributed by atoms with Crippen LogP contribution in [0, 0.1) is 0 Å². The van der Waals surface area contributed by atoms with E-state index < -0.39 is 0 Å². The van der Waals surface area contributed by atoms with Crippen LogP contribution in [0.1, 0.15) is 18.7 Å². The molecular formula is C30H26N8O2. The van der Waals surface area contributed by atoms with Gasteiger partial charge in [-0.3, -0.25) is 14.3 Å². The number of rotatable bonds is 7. The topological polar surface area (TPSA) is 120 Å². The second kappa shape index (κ2) is 10.4. The molecule has 0 aliphatic carbocycles. The highest BCUT2D eigenvalue weighted by molar-refractivity contribution is 5.96. The molecule has 0 aliphatic heterocycles. The molecule has 40 heavy (non-hydrogen) atoms. The van der Waals surface area contributed by atoms with Crippen molar-refractivity contribution in [3.8, 4) is 22.8 Å². The van der Waals surface area contributed by atoms with Crippen molar-refractivity contribution in [2.24, 2.45) is 0 Å². The second-order valence-electron chi connectivity index (χ2n) is 9.16. The molecule has 198 valence electrons. The van der Waals surface area contributed by atoms with Crippen LogP contribution in [0.5, 0.6) is 6.01 Å². The maximum absolute atomic E-state index is 14.4. The first-order chi connectivity index (χ1) is 19.6. The summed E-state index contributed by atoms with van der Waals surface area (Å²) in [6.45, 7) is 2.00. The van der Waals surface area contributed by atoms with E-state index in [0.29, 0.717) is 28.2 Å². The van der Waals surface area contributed by atoms with E-state index >= 15 is 0 Å². The molecule has 0 saturated carbocycles. The molecule has 4 heterocycles. The molecule has 0 spiro atoms. The molecule has 1 atom stereocenters. The first kappa shape index (κ1) is 24.9. The molecule has 10 heteroatoms. The van der Waals surface area contributed by atoms with Gasteiger partial charge in [-0.05, 0) is 48.2 Å². The molecular weight excluding hydrogens is 504 g/mol. The van der Waals surface area contributed by atoms with Crippen molar-refractivity contribution in [1.29, 1.82) is 0 Å². The van der Waals surface area contributed by atoms with E-state index in [1.165, 1.54) is 7.11 Å². The smallest absolute Gasteiger partial charge is 0.316 e. The van der Waals surface area contributed by atoms with Crippen molar-refractivity contribution in [2.75, 3.05) is 24.8 Å². The van der Waals surface area contributed by atoms with Gasteiger partial charge >= 0.3 is 6.01 Å². The number of nitrogens with zero attached hydrogens (tertiary/aromatic N) is 6. The zero-order valence-corrected chi connectivity index (χ0v) is 22.2. The third-order valence-corrected chi connectivity index (χ3v) is 6.69. The maximum atomic E-state index is 14.4. The largest absolute Gasteiger partial charge is 0.467 e. The van der Waals surface area contributed by atoms with E-state index in [1.807, 2.05) is 73.7 Å². The fraction of sp³-hybridized carbons (Fsp3) is 0.133. The van der Waals surface area contributed by atoms with Crippen molar-refractivity contribution >= 4 is 33.6 Å². The minimum Gasteiger partial charge on any atom is -0.467 e. The average Bonchev–Trinajstić information content (AvgIpc) is 3.01. The predicted molar refractivity (Wildman–Crippen MR) is 156 cm³/mol. The standard InChI is InChI=1S/C30H26N8O2/c1-18(35-27-26-23(13-8-14-32-26)36-29(31-2)37-27)24-15-19-9-7-12-22(20-16-33-30(40-3)34-17-20)25(19)28(39)38(24)21-10-5-4-6-11-21/h4-18H,1-3H3,(H2,31,35,36,37). The molecule has 0 fully saturated rings. The summed E-state index contributed by atoms with van der Waals surface area (Å²) >= 11 is 0. The van der Waals surface area contributed by atoms with Gasteiger partial charge in [-0.1, -0.05) is 36.4 Å². The SMILES string of the molecule is CNc1nc(NC(C)c2cc3cccc(-c4cnc(OC)nc4)c3c(=O)n2-c2ccccc2)c2ncccc2n1. The number of aromatic nitrogens is 6. The number of methoxy groups -OCH3 is 1. The Balaban J connectivity index is 1.55. The summed E-state index contributed by atoms with van der Waals surface area (Å²) in [6.07, 6.45) is 5.04. The number of hydrogen-bond acceptors (Lipinski definition) is 9. The van der Waals surface area contributed by atoms with Gasteiger partial charge < -0.3 is 15.4 Å². The van der Waals surface area contributed by atoms with E-state index in [4.69, 9.17) is 4.74 Å². The molecule has 0 radical (unpaired) electrons. The van der Waals surface area contributed by atoms with Crippen LogP contribution in [0.3, 0.4) is 0 Å². The van der Waals surface area contributed by atoms with Crippen molar-refractivity contribution in [3.63, 3.8) is 0 Å². The minimum absolute atomic E-state index is 0.152. The Morgan fingerprint density at radius 2 is 1.73 bits per heavy atom. The number of nitrogens with one attached hydrogen (secondary N) is 2. The minimum atomic E-state index is -0.324. The van der Waals surface area contributed by atoms with E-state index in [-0.39, 0.29) is 17.6 Å². The Labute approximate surface area is 229 Å². The molecule has 0 aliphatic rings. The Bertz CT molecular complexity index is 1890. The van der Waals surface area contributed by atoms with Gasteiger partial charge in [0, 0.05) is 42.6 Å². The van der Waals surface area contributed by atoms with Crippen LogP contribution in [0.4, 0.5) is 11.8 Å². The van der Waals surface area contributed by atoms with E-state index in [1.54, 1.807) is 30.2 Å². The lowest BCUT2D eigenvalue weighted by Gasteiger charge is -2.22. The normalized spacial score (nSPS) is 11.9. The Hall–Kier alpha value is -5.38. The molecule has 0 saturated heterocycles. The van der Waals surface area contributed by atoms with Gasteiger partial charge in [-0.15, -0.1) is 0 Å². The van der Waals surface area contributed by atoms with E-state index in [0.717, 1.165) is 27.9 Å². The number of fused-ring (bicyclic) bond motifs is 2. The Kier molecular flexibility index (Phi) is 6.49. The van der Waals surface area contributed by atoms with Gasteiger partial charge in [-0.2, -0.15) is 4.98 Å². The van der Waals surface area contributed by atoms with Gasteiger partial charge in [0.05, 0.1) is 24.1 Å². The molecule has 1 unspecified atom stereocenters. The molecule has 2 N–H and O–H groups in total. The fourth-order valence-electron chi connectivity index (χ4n) is 4.80. The van der Waals surface area contributed by atoms with Crippen LogP contribution in [-0.2, 0) is 0 Å². The third-order valence-electron chi connectivity index (χ3n) is 6.69. The van der Waals surface area contributed by atoms with Gasteiger partial charge in [-0.25, -0.2) is 15.0 Å². The Morgan fingerprint density at radius 3 is 2.48 bits per heavy atom. The number of ether oxygens (including phenoxy) is 1. The Morgan fingerprint density at radius 1 is 0.925 bits per heavy atom. The lowest BCUT2D eigenvalue weighted by Crippen LogP contribution is -2.26. The zero-order valence-electron chi connectivity index (χ0n) is 22.2. The van der Waals surface area contributed by atoms with Gasteiger partial charge in [0.15, 0.2) is 5.82 Å². The lowest BCUT2D eigenvalue weighted by atomic mass is 9.99. The predicted octanol–water partition coefficient (Wildman–Crippen LogP) is 5.01. The molecule has 4 aromatic heterocycles.